The molecule has 0 atom stereocenters. The van der Waals surface area contributed by atoms with E-state index in [-0.39, 0.29) is 18.0 Å². The summed E-state index contributed by atoms with van der Waals surface area (Å²) >= 11 is 0. The van der Waals surface area contributed by atoms with E-state index in [0.717, 1.165) is 17.9 Å². The monoisotopic (exact) mass is 444 g/mol. The normalized spacial score (nSPS) is 12.5. The molecule has 30 heavy (non-hydrogen) atoms. The number of nitrogens with one attached hydrogen (secondary N) is 2. The number of halogens is 3. The average Bonchev–Trinajstić information content (AvgIpc) is 2.66. The van der Waals surface area contributed by atoms with Gasteiger partial charge in [-0.3, -0.25) is 4.99 Å². The van der Waals surface area contributed by atoms with Crippen LogP contribution < -0.4 is 15.4 Å². The van der Waals surface area contributed by atoms with Crippen LogP contribution in [0.5, 0.6) is 5.88 Å². The maximum absolute atomic E-state index is 12.9. The molecule has 1 aromatic heterocycles. The minimum absolute atomic E-state index is 0.0526. The molecule has 0 aliphatic rings. The van der Waals surface area contributed by atoms with Crippen molar-refractivity contribution in [2.24, 2.45) is 4.99 Å². The van der Waals surface area contributed by atoms with E-state index in [4.69, 9.17) is 4.74 Å². The maximum atomic E-state index is 12.9. The Hall–Kier alpha value is -2.82. The van der Waals surface area contributed by atoms with Gasteiger partial charge in [0.1, 0.15) is 12.2 Å². The van der Waals surface area contributed by atoms with Crippen LogP contribution >= 0.6 is 0 Å². The fourth-order valence-corrected chi connectivity index (χ4v) is 3.64. The van der Waals surface area contributed by atoms with E-state index in [1.54, 1.807) is 32.2 Å². The number of pyridine rings is 1. The molecule has 0 amide bonds. The van der Waals surface area contributed by atoms with Crippen molar-refractivity contribution < 1.29 is 26.3 Å². The summed E-state index contributed by atoms with van der Waals surface area (Å²) in [4.78, 5) is 7.94. The Kier molecular flexibility index (Phi) is 7.65. The number of alkyl halides is 3. The lowest BCUT2D eigenvalue weighted by molar-refractivity contribution is -0.139. The van der Waals surface area contributed by atoms with Crippen molar-refractivity contribution >= 4 is 15.8 Å². The Labute approximate surface area is 173 Å². The largest absolute Gasteiger partial charge is 0.475 e. The Morgan fingerprint density at radius 1 is 1.23 bits per heavy atom. The molecule has 2 N–H and O–H groups in total. The summed E-state index contributed by atoms with van der Waals surface area (Å²) in [5.41, 5.74) is 0.562. The summed E-state index contributed by atoms with van der Waals surface area (Å²) in [6, 6.07) is 7.12. The van der Waals surface area contributed by atoms with Crippen LogP contribution in [0.3, 0.4) is 0 Å². The summed E-state index contributed by atoms with van der Waals surface area (Å²) in [6.07, 6.45) is -2.15. The van der Waals surface area contributed by atoms with Crippen molar-refractivity contribution in [3.05, 3.63) is 53.2 Å². The third kappa shape index (κ3) is 6.61. The molecule has 0 saturated carbocycles. The van der Waals surface area contributed by atoms with Crippen LogP contribution in [0.15, 0.2) is 46.4 Å². The summed E-state index contributed by atoms with van der Waals surface area (Å²) in [5, 5.41) is 5.97. The van der Waals surface area contributed by atoms with E-state index < -0.39 is 27.5 Å². The number of aliphatic imine (C=N–C) groups is 1. The second kappa shape index (κ2) is 9.79. The third-order valence-corrected chi connectivity index (χ3v) is 5.29. The number of nitrogens with zero attached hydrogens (tertiary/aromatic N) is 2. The predicted octanol–water partition coefficient (Wildman–Crippen LogP) is 2.56. The molecule has 2 aromatic rings. The fourth-order valence-electron chi connectivity index (χ4n) is 2.68. The first-order valence-corrected chi connectivity index (χ1v) is 10.8. The summed E-state index contributed by atoms with van der Waals surface area (Å²) in [5.74, 6) is -0.0586. The maximum Gasteiger partial charge on any atom is 0.421 e. The van der Waals surface area contributed by atoms with Crippen LogP contribution in [0.2, 0.25) is 0 Å². The number of benzene rings is 1. The molecule has 0 fully saturated rings. The van der Waals surface area contributed by atoms with E-state index in [2.05, 4.69) is 20.6 Å². The van der Waals surface area contributed by atoms with Crippen molar-refractivity contribution in [2.75, 3.05) is 26.5 Å². The molecule has 0 spiro atoms. The Morgan fingerprint density at radius 3 is 2.57 bits per heavy atom. The molecule has 164 valence electrons. The Balaban J connectivity index is 1.86. The van der Waals surface area contributed by atoms with E-state index in [0.29, 0.717) is 18.1 Å². The lowest BCUT2D eigenvalue weighted by Crippen LogP contribution is -2.39. The van der Waals surface area contributed by atoms with Crippen LogP contribution in [-0.2, 0) is 22.6 Å². The van der Waals surface area contributed by atoms with Crippen LogP contribution in [0, 0.1) is 6.92 Å². The zero-order valence-electron chi connectivity index (χ0n) is 16.7. The Bertz CT molecular complexity index is 1010. The van der Waals surface area contributed by atoms with Crippen LogP contribution in [0.4, 0.5) is 13.2 Å². The molecule has 0 saturated heterocycles. The lowest BCUT2D eigenvalue weighted by atomic mass is 10.1. The molecule has 0 radical (unpaired) electrons. The van der Waals surface area contributed by atoms with E-state index in [9.17, 15) is 21.6 Å². The number of hydrogen-bond donors (Lipinski definition) is 2. The van der Waals surface area contributed by atoms with Gasteiger partial charge in [0.2, 0.25) is 5.88 Å². The average molecular weight is 444 g/mol. The number of ether oxygens (including phenoxy) is 1. The first-order chi connectivity index (χ1) is 14.0. The Morgan fingerprint density at radius 2 is 1.97 bits per heavy atom. The van der Waals surface area contributed by atoms with Gasteiger partial charge in [-0.25, -0.2) is 13.4 Å². The van der Waals surface area contributed by atoms with Gasteiger partial charge in [0, 0.05) is 26.0 Å². The highest BCUT2D eigenvalue weighted by atomic mass is 32.2. The van der Waals surface area contributed by atoms with Crippen molar-refractivity contribution in [1.29, 1.82) is 0 Å². The second-order valence-electron chi connectivity index (χ2n) is 6.43. The van der Waals surface area contributed by atoms with Gasteiger partial charge in [-0.05, 0) is 36.2 Å². The van der Waals surface area contributed by atoms with Gasteiger partial charge in [-0.15, -0.1) is 0 Å². The van der Waals surface area contributed by atoms with E-state index >= 15 is 0 Å². The smallest absolute Gasteiger partial charge is 0.421 e. The highest BCUT2D eigenvalue weighted by Crippen LogP contribution is 2.34. The SMILES string of the molecule is CN=C(NCCOc1ncccc1C(F)(F)F)NCc1ccc(S(C)(=O)=O)c(C)c1. The summed E-state index contributed by atoms with van der Waals surface area (Å²) in [6.45, 7) is 2.24. The topological polar surface area (TPSA) is 92.7 Å². The van der Waals surface area contributed by atoms with Gasteiger partial charge in [0.15, 0.2) is 15.8 Å². The number of rotatable bonds is 7. The van der Waals surface area contributed by atoms with E-state index in [1.807, 2.05) is 0 Å². The zero-order chi connectivity index (χ0) is 22.4. The lowest BCUT2D eigenvalue weighted by Gasteiger charge is -2.15. The standard InChI is InChI=1S/C19H23F3N4O3S/c1-13-11-14(6-7-16(13)30(3,27)28)12-26-18(23-2)25-9-10-29-17-15(19(20,21)22)5-4-8-24-17/h4-8,11H,9-10,12H2,1-3H3,(H2,23,25,26). The van der Waals surface area contributed by atoms with E-state index in [1.165, 1.54) is 12.3 Å². The zero-order valence-corrected chi connectivity index (χ0v) is 17.6. The molecule has 2 rings (SSSR count). The number of sulfone groups is 1. The number of aryl methyl sites for hydroxylation is 1. The molecular weight excluding hydrogens is 421 g/mol. The van der Waals surface area contributed by atoms with Crippen LogP contribution in [0.25, 0.3) is 0 Å². The van der Waals surface area contributed by atoms with Crippen molar-refractivity contribution in [2.45, 2.75) is 24.5 Å². The van der Waals surface area contributed by atoms with Gasteiger partial charge < -0.3 is 15.4 Å². The summed E-state index contributed by atoms with van der Waals surface area (Å²) < 4.78 is 67.3. The predicted molar refractivity (Wildman–Crippen MR) is 107 cm³/mol. The molecule has 1 aromatic carbocycles. The molecule has 0 aliphatic carbocycles. The number of guanidine groups is 1. The molecule has 1 heterocycles. The minimum Gasteiger partial charge on any atom is -0.475 e. The molecular formula is C19H23F3N4O3S. The van der Waals surface area contributed by atoms with Gasteiger partial charge in [-0.2, -0.15) is 13.2 Å². The fraction of sp³-hybridized carbons (Fsp3) is 0.368. The van der Waals surface area contributed by atoms with Gasteiger partial charge >= 0.3 is 6.18 Å². The first kappa shape index (κ1) is 23.5. The molecule has 7 nitrogen and oxygen atoms in total. The molecule has 11 heteroatoms. The minimum atomic E-state index is -4.54. The van der Waals surface area contributed by atoms with Crippen molar-refractivity contribution in [3.8, 4) is 5.88 Å². The second-order valence-corrected chi connectivity index (χ2v) is 8.41. The molecule has 0 bridgehead atoms. The first-order valence-electron chi connectivity index (χ1n) is 8.91. The number of hydrogen-bond acceptors (Lipinski definition) is 5. The van der Waals surface area contributed by atoms with Crippen LogP contribution in [-0.4, -0.2) is 45.8 Å². The third-order valence-electron chi connectivity index (χ3n) is 4.03. The highest BCUT2D eigenvalue weighted by molar-refractivity contribution is 7.90. The number of aromatic nitrogens is 1. The van der Waals surface area contributed by atoms with Crippen molar-refractivity contribution in [3.63, 3.8) is 0 Å². The quantitative estimate of drug-likeness (QED) is 0.387. The molecule has 0 aliphatic heterocycles. The molecule has 0 unspecified atom stereocenters. The van der Waals surface area contributed by atoms with Gasteiger partial charge in [0.05, 0.1) is 11.4 Å². The van der Waals surface area contributed by atoms with Crippen molar-refractivity contribution in [1.82, 2.24) is 15.6 Å². The highest BCUT2D eigenvalue weighted by Gasteiger charge is 2.34. The van der Waals surface area contributed by atoms with Gasteiger partial charge in [0.25, 0.3) is 0 Å². The van der Waals surface area contributed by atoms with Gasteiger partial charge in [-0.1, -0.05) is 12.1 Å². The summed E-state index contributed by atoms with van der Waals surface area (Å²) in [7, 11) is -1.73. The van der Waals surface area contributed by atoms with Crippen LogP contribution in [0.1, 0.15) is 16.7 Å².